The summed E-state index contributed by atoms with van der Waals surface area (Å²) in [6.45, 7) is 4.11. The molecule has 1 aromatic rings. The Balaban J connectivity index is 1.72. The summed E-state index contributed by atoms with van der Waals surface area (Å²) < 4.78 is 4.97. The molecule has 1 aromatic carbocycles. The summed E-state index contributed by atoms with van der Waals surface area (Å²) in [6.07, 6.45) is 0.997. The van der Waals surface area contributed by atoms with E-state index in [0.717, 1.165) is 19.5 Å². The minimum Gasteiger partial charge on any atom is -0.465 e. The average Bonchev–Trinajstić information content (AvgIpc) is 3.08. The van der Waals surface area contributed by atoms with E-state index in [0.29, 0.717) is 6.61 Å². The minimum absolute atomic E-state index is 0.0173. The van der Waals surface area contributed by atoms with Gasteiger partial charge in [0.05, 0.1) is 6.61 Å². The van der Waals surface area contributed by atoms with Gasteiger partial charge in [0.15, 0.2) is 0 Å². The number of hydrogen-bond donors (Lipinski definition) is 0. The van der Waals surface area contributed by atoms with Crippen molar-refractivity contribution in [2.24, 2.45) is 0 Å². The van der Waals surface area contributed by atoms with E-state index in [2.05, 4.69) is 17.0 Å². The van der Waals surface area contributed by atoms with E-state index in [-0.39, 0.29) is 12.0 Å². The molecule has 0 bridgehead atoms. The zero-order valence-electron chi connectivity index (χ0n) is 9.56. The zero-order valence-corrected chi connectivity index (χ0v) is 9.56. The van der Waals surface area contributed by atoms with Crippen molar-refractivity contribution in [1.82, 2.24) is 4.90 Å². The van der Waals surface area contributed by atoms with Crippen molar-refractivity contribution in [2.45, 2.75) is 19.4 Å². The number of carbonyl (C=O) groups is 1. The smallest absolute Gasteiger partial charge is 0.324 e. The highest BCUT2D eigenvalue weighted by molar-refractivity contribution is 5.79. The summed E-state index contributed by atoms with van der Waals surface area (Å²) in [6, 6.07) is 10.3. The fourth-order valence-corrected chi connectivity index (χ4v) is 1.80. The molecule has 0 N–H and O–H groups in total. The van der Waals surface area contributed by atoms with Gasteiger partial charge in [-0.1, -0.05) is 30.3 Å². The Labute approximate surface area is 96.0 Å². The van der Waals surface area contributed by atoms with E-state index in [1.165, 1.54) is 5.56 Å². The largest absolute Gasteiger partial charge is 0.465 e. The first kappa shape index (κ1) is 11.1. The number of ether oxygens (including phenoxy) is 1. The highest BCUT2D eigenvalue weighted by Crippen LogP contribution is 2.19. The van der Waals surface area contributed by atoms with Crippen molar-refractivity contribution >= 4 is 5.97 Å². The van der Waals surface area contributed by atoms with E-state index >= 15 is 0 Å². The van der Waals surface area contributed by atoms with Gasteiger partial charge < -0.3 is 4.74 Å². The van der Waals surface area contributed by atoms with Gasteiger partial charge in [-0.15, -0.1) is 0 Å². The minimum atomic E-state index is -0.0736. The molecule has 3 nitrogen and oxygen atoms in total. The first-order valence-electron chi connectivity index (χ1n) is 5.76. The molecule has 0 radical (unpaired) electrons. The SMILES string of the molecule is CCOC(=O)[C@@H]1CN1CCc1ccccc1. The lowest BCUT2D eigenvalue weighted by atomic mass is 10.1. The molecule has 1 heterocycles. The van der Waals surface area contributed by atoms with Crippen LogP contribution in [0.4, 0.5) is 0 Å². The van der Waals surface area contributed by atoms with Crippen LogP contribution in [0.3, 0.4) is 0 Å². The molecule has 1 aliphatic rings. The third kappa shape index (κ3) is 2.83. The summed E-state index contributed by atoms with van der Waals surface area (Å²) in [7, 11) is 0. The molecule has 1 saturated heterocycles. The molecule has 2 atom stereocenters. The van der Waals surface area contributed by atoms with Gasteiger partial charge in [0.25, 0.3) is 0 Å². The third-order valence-corrected chi connectivity index (χ3v) is 2.80. The highest BCUT2D eigenvalue weighted by atomic mass is 16.5. The van der Waals surface area contributed by atoms with E-state index in [1.54, 1.807) is 0 Å². The van der Waals surface area contributed by atoms with Crippen LogP contribution in [-0.2, 0) is 16.0 Å². The van der Waals surface area contributed by atoms with Gasteiger partial charge in [0.1, 0.15) is 6.04 Å². The molecule has 0 spiro atoms. The monoisotopic (exact) mass is 219 g/mol. The van der Waals surface area contributed by atoms with E-state index < -0.39 is 0 Å². The molecule has 3 heteroatoms. The molecule has 1 fully saturated rings. The molecular weight excluding hydrogens is 202 g/mol. The lowest BCUT2D eigenvalue weighted by molar-refractivity contribution is -0.143. The molecule has 86 valence electrons. The van der Waals surface area contributed by atoms with Gasteiger partial charge in [-0.3, -0.25) is 9.69 Å². The second-order valence-corrected chi connectivity index (χ2v) is 4.00. The predicted molar refractivity (Wildman–Crippen MR) is 62.1 cm³/mol. The van der Waals surface area contributed by atoms with Crippen molar-refractivity contribution < 1.29 is 9.53 Å². The molecule has 0 aromatic heterocycles. The van der Waals surface area contributed by atoms with Crippen molar-refractivity contribution in [1.29, 1.82) is 0 Å². The van der Waals surface area contributed by atoms with Crippen LogP contribution >= 0.6 is 0 Å². The lowest BCUT2D eigenvalue weighted by Gasteiger charge is -2.04. The summed E-state index contributed by atoms with van der Waals surface area (Å²) in [5.74, 6) is -0.0736. The van der Waals surface area contributed by atoms with Crippen LogP contribution in [0, 0.1) is 0 Å². The molecule has 1 unspecified atom stereocenters. The summed E-state index contributed by atoms with van der Waals surface area (Å²) >= 11 is 0. The molecule has 0 saturated carbocycles. The van der Waals surface area contributed by atoms with Gasteiger partial charge in [0, 0.05) is 13.1 Å². The van der Waals surface area contributed by atoms with E-state index in [4.69, 9.17) is 4.74 Å². The van der Waals surface area contributed by atoms with Crippen LogP contribution in [0.2, 0.25) is 0 Å². The van der Waals surface area contributed by atoms with Crippen molar-refractivity contribution in [3.63, 3.8) is 0 Å². The van der Waals surface area contributed by atoms with Gasteiger partial charge in [-0.2, -0.15) is 0 Å². The first-order valence-corrected chi connectivity index (χ1v) is 5.76. The predicted octanol–water partition coefficient (Wildman–Crippen LogP) is 1.48. The van der Waals surface area contributed by atoms with Crippen LogP contribution in [-0.4, -0.2) is 36.6 Å². The first-order chi connectivity index (χ1) is 7.81. The Kier molecular flexibility index (Phi) is 3.57. The maximum atomic E-state index is 11.4. The van der Waals surface area contributed by atoms with E-state index in [1.807, 2.05) is 25.1 Å². The van der Waals surface area contributed by atoms with E-state index in [9.17, 15) is 4.79 Å². The Bertz CT molecular complexity index is 350. The number of nitrogens with zero attached hydrogens (tertiary/aromatic N) is 1. The van der Waals surface area contributed by atoms with Gasteiger partial charge in [-0.25, -0.2) is 0 Å². The topological polar surface area (TPSA) is 29.3 Å². The maximum absolute atomic E-state index is 11.4. The van der Waals surface area contributed by atoms with Crippen LogP contribution < -0.4 is 0 Å². The average molecular weight is 219 g/mol. The lowest BCUT2D eigenvalue weighted by Crippen LogP contribution is -2.17. The van der Waals surface area contributed by atoms with Gasteiger partial charge >= 0.3 is 5.97 Å². The fraction of sp³-hybridized carbons (Fsp3) is 0.462. The highest BCUT2D eigenvalue weighted by Gasteiger charge is 2.40. The summed E-state index contributed by atoms with van der Waals surface area (Å²) in [5.41, 5.74) is 1.32. The van der Waals surface area contributed by atoms with Crippen LogP contribution in [0.15, 0.2) is 30.3 Å². The molecule has 1 aliphatic heterocycles. The standard InChI is InChI=1S/C13H17NO2/c1-2-16-13(15)12-10-14(12)9-8-11-6-4-3-5-7-11/h3-7,12H,2,8-10H2,1H3/t12-,14?/m0/s1. The maximum Gasteiger partial charge on any atom is 0.324 e. The molecule has 0 amide bonds. The third-order valence-electron chi connectivity index (χ3n) is 2.80. The number of benzene rings is 1. The number of rotatable bonds is 5. The number of hydrogen-bond acceptors (Lipinski definition) is 3. The zero-order chi connectivity index (χ0) is 11.4. The number of carbonyl (C=O) groups excluding carboxylic acids is 1. The quantitative estimate of drug-likeness (QED) is 0.555. The second-order valence-electron chi connectivity index (χ2n) is 4.00. The Morgan fingerprint density at radius 1 is 1.44 bits per heavy atom. The summed E-state index contributed by atoms with van der Waals surface area (Å²) in [5, 5.41) is 0. The fourth-order valence-electron chi connectivity index (χ4n) is 1.80. The van der Waals surface area contributed by atoms with Crippen molar-refractivity contribution in [2.75, 3.05) is 19.7 Å². The second kappa shape index (κ2) is 5.12. The molecule has 16 heavy (non-hydrogen) atoms. The van der Waals surface area contributed by atoms with Gasteiger partial charge in [0.2, 0.25) is 0 Å². The van der Waals surface area contributed by atoms with Crippen LogP contribution in [0.5, 0.6) is 0 Å². The van der Waals surface area contributed by atoms with Crippen molar-refractivity contribution in [3.05, 3.63) is 35.9 Å². The summed E-state index contributed by atoms with van der Waals surface area (Å²) in [4.78, 5) is 13.5. The molecule has 0 aliphatic carbocycles. The molecular formula is C13H17NO2. The van der Waals surface area contributed by atoms with Crippen molar-refractivity contribution in [3.8, 4) is 0 Å². The normalized spacial score (nSPS) is 22.8. The van der Waals surface area contributed by atoms with Crippen LogP contribution in [0.1, 0.15) is 12.5 Å². The number of esters is 1. The van der Waals surface area contributed by atoms with Crippen LogP contribution in [0.25, 0.3) is 0 Å². The Morgan fingerprint density at radius 3 is 2.88 bits per heavy atom. The Hall–Kier alpha value is -1.35. The van der Waals surface area contributed by atoms with Gasteiger partial charge in [-0.05, 0) is 18.9 Å². The Morgan fingerprint density at radius 2 is 2.19 bits per heavy atom. The molecule has 2 rings (SSSR count).